The Kier molecular flexibility index (Phi) is 3.45. The molecule has 1 aliphatic heterocycles. The predicted octanol–water partition coefficient (Wildman–Crippen LogP) is 2.64. The number of hydrogen-bond donors (Lipinski definition) is 1. The molecule has 0 aromatic heterocycles. The molecule has 3 aliphatic rings. The molecular weight excluding hydrogens is 208 g/mol. The normalized spacial score (nSPS) is 37.2. The highest BCUT2D eigenvalue weighted by Gasteiger charge is 2.50. The molecule has 3 rings (SSSR count). The van der Waals surface area contributed by atoms with E-state index >= 15 is 0 Å². The van der Waals surface area contributed by atoms with Gasteiger partial charge < -0.3 is 5.32 Å². The van der Waals surface area contributed by atoms with Crippen molar-refractivity contribution in [1.82, 2.24) is 10.2 Å². The Hall–Kier alpha value is -0.0800. The standard InChI is InChI=1S/C15H28N2/c1-16-11-13-6-10-17(12-13)14-5-9-15(14)7-3-2-4-8-15/h13-14,16H,2-12H2,1H3. The van der Waals surface area contributed by atoms with Gasteiger partial charge in [-0.05, 0) is 63.6 Å². The van der Waals surface area contributed by atoms with Crippen molar-refractivity contribution in [2.24, 2.45) is 11.3 Å². The fourth-order valence-electron chi connectivity index (χ4n) is 4.69. The highest BCUT2D eigenvalue weighted by Crippen LogP contribution is 2.54. The SMILES string of the molecule is CNCC1CCN(C2CCC23CCCCC3)C1. The quantitative estimate of drug-likeness (QED) is 0.810. The van der Waals surface area contributed by atoms with E-state index in [4.69, 9.17) is 0 Å². The molecule has 2 aliphatic carbocycles. The summed E-state index contributed by atoms with van der Waals surface area (Å²) < 4.78 is 0. The highest BCUT2D eigenvalue weighted by molar-refractivity contribution is 5.04. The zero-order valence-corrected chi connectivity index (χ0v) is 11.4. The summed E-state index contributed by atoms with van der Waals surface area (Å²) in [6, 6.07) is 0.963. The van der Waals surface area contributed by atoms with Gasteiger partial charge in [-0.2, -0.15) is 0 Å². The van der Waals surface area contributed by atoms with E-state index < -0.39 is 0 Å². The van der Waals surface area contributed by atoms with Crippen LogP contribution in [0.3, 0.4) is 0 Å². The Morgan fingerprint density at radius 2 is 1.94 bits per heavy atom. The molecule has 1 spiro atoms. The Morgan fingerprint density at radius 1 is 1.12 bits per heavy atom. The molecule has 17 heavy (non-hydrogen) atoms. The summed E-state index contributed by atoms with van der Waals surface area (Å²) in [5.74, 6) is 0.918. The molecule has 0 amide bonds. The molecule has 2 unspecified atom stereocenters. The summed E-state index contributed by atoms with van der Waals surface area (Å²) in [5.41, 5.74) is 0.771. The number of nitrogens with zero attached hydrogens (tertiary/aromatic N) is 1. The van der Waals surface area contributed by atoms with Crippen molar-refractivity contribution in [3.8, 4) is 0 Å². The van der Waals surface area contributed by atoms with Crippen LogP contribution in [0.15, 0.2) is 0 Å². The summed E-state index contributed by atoms with van der Waals surface area (Å²) in [4.78, 5) is 2.84. The lowest BCUT2D eigenvalue weighted by molar-refractivity contribution is -0.0444. The third kappa shape index (κ3) is 2.15. The van der Waals surface area contributed by atoms with Gasteiger partial charge in [-0.15, -0.1) is 0 Å². The van der Waals surface area contributed by atoms with Crippen molar-refractivity contribution in [3.05, 3.63) is 0 Å². The lowest BCUT2D eigenvalue weighted by atomic mass is 9.57. The number of likely N-dealkylation sites (tertiary alicyclic amines) is 1. The van der Waals surface area contributed by atoms with Crippen LogP contribution in [-0.4, -0.2) is 37.6 Å². The van der Waals surface area contributed by atoms with Crippen LogP contribution in [0.5, 0.6) is 0 Å². The maximum absolute atomic E-state index is 3.35. The number of nitrogens with one attached hydrogen (secondary N) is 1. The van der Waals surface area contributed by atoms with Crippen molar-refractivity contribution in [1.29, 1.82) is 0 Å². The number of hydrogen-bond acceptors (Lipinski definition) is 2. The second kappa shape index (κ2) is 4.89. The first-order chi connectivity index (χ1) is 8.34. The van der Waals surface area contributed by atoms with Crippen LogP contribution in [0, 0.1) is 11.3 Å². The summed E-state index contributed by atoms with van der Waals surface area (Å²) >= 11 is 0. The zero-order chi connectivity index (χ0) is 11.7. The first-order valence-electron chi connectivity index (χ1n) is 7.73. The lowest BCUT2D eigenvalue weighted by Gasteiger charge is -2.56. The summed E-state index contributed by atoms with van der Waals surface area (Å²) in [5, 5.41) is 3.35. The zero-order valence-electron chi connectivity index (χ0n) is 11.4. The summed E-state index contributed by atoms with van der Waals surface area (Å²) in [6.45, 7) is 3.96. The molecule has 0 aromatic carbocycles. The third-order valence-electron chi connectivity index (χ3n) is 5.72. The van der Waals surface area contributed by atoms with E-state index in [1.165, 1.54) is 71.0 Å². The van der Waals surface area contributed by atoms with Crippen molar-refractivity contribution in [2.75, 3.05) is 26.7 Å². The monoisotopic (exact) mass is 236 g/mol. The molecule has 2 heteroatoms. The Balaban J connectivity index is 1.58. The fraction of sp³-hybridized carbons (Fsp3) is 1.00. The Bertz CT molecular complexity index is 258. The smallest absolute Gasteiger partial charge is 0.0152 e. The maximum Gasteiger partial charge on any atom is 0.0152 e. The van der Waals surface area contributed by atoms with Gasteiger partial charge in [-0.1, -0.05) is 19.3 Å². The Morgan fingerprint density at radius 3 is 2.59 bits per heavy atom. The van der Waals surface area contributed by atoms with Gasteiger partial charge in [0.1, 0.15) is 0 Å². The second-order valence-corrected chi connectivity index (χ2v) is 6.68. The van der Waals surface area contributed by atoms with Crippen molar-refractivity contribution in [3.63, 3.8) is 0 Å². The molecule has 2 atom stereocenters. The predicted molar refractivity (Wildman–Crippen MR) is 72.1 cm³/mol. The van der Waals surface area contributed by atoms with Crippen LogP contribution in [0.2, 0.25) is 0 Å². The van der Waals surface area contributed by atoms with Crippen LogP contribution in [-0.2, 0) is 0 Å². The molecule has 1 heterocycles. The van der Waals surface area contributed by atoms with Crippen molar-refractivity contribution >= 4 is 0 Å². The van der Waals surface area contributed by atoms with Crippen LogP contribution in [0.1, 0.15) is 51.4 Å². The van der Waals surface area contributed by atoms with E-state index in [2.05, 4.69) is 17.3 Å². The third-order valence-corrected chi connectivity index (χ3v) is 5.72. The average molecular weight is 236 g/mol. The van der Waals surface area contributed by atoms with Crippen LogP contribution in [0.4, 0.5) is 0 Å². The van der Waals surface area contributed by atoms with Gasteiger partial charge in [-0.3, -0.25) is 4.90 Å². The molecule has 98 valence electrons. The highest BCUT2D eigenvalue weighted by atomic mass is 15.2. The molecule has 0 radical (unpaired) electrons. The summed E-state index contributed by atoms with van der Waals surface area (Å²) in [7, 11) is 2.09. The van der Waals surface area contributed by atoms with Gasteiger partial charge >= 0.3 is 0 Å². The van der Waals surface area contributed by atoms with Crippen molar-refractivity contribution < 1.29 is 0 Å². The maximum atomic E-state index is 3.35. The lowest BCUT2D eigenvalue weighted by Crippen LogP contribution is -2.55. The minimum absolute atomic E-state index is 0.771. The molecule has 0 bridgehead atoms. The van der Waals surface area contributed by atoms with Crippen LogP contribution >= 0.6 is 0 Å². The molecule has 2 saturated carbocycles. The molecule has 0 aromatic rings. The van der Waals surface area contributed by atoms with Gasteiger partial charge in [0, 0.05) is 12.6 Å². The summed E-state index contributed by atoms with van der Waals surface area (Å²) in [6.07, 6.45) is 12.0. The first kappa shape index (κ1) is 12.0. The van der Waals surface area contributed by atoms with Crippen LogP contribution < -0.4 is 5.32 Å². The first-order valence-corrected chi connectivity index (χ1v) is 7.73. The van der Waals surface area contributed by atoms with E-state index in [1.807, 2.05) is 0 Å². The second-order valence-electron chi connectivity index (χ2n) is 6.68. The topological polar surface area (TPSA) is 15.3 Å². The minimum Gasteiger partial charge on any atom is -0.319 e. The van der Waals surface area contributed by atoms with Gasteiger partial charge in [0.15, 0.2) is 0 Å². The van der Waals surface area contributed by atoms with E-state index in [-0.39, 0.29) is 0 Å². The van der Waals surface area contributed by atoms with Gasteiger partial charge in [-0.25, -0.2) is 0 Å². The molecule has 2 nitrogen and oxygen atoms in total. The van der Waals surface area contributed by atoms with E-state index in [9.17, 15) is 0 Å². The van der Waals surface area contributed by atoms with E-state index in [1.54, 1.807) is 0 Å². The van der Waals surface area contributed by atoms with Gasteiger partial charge in [0.05, 0.1) is 0 Å². The van der Waals surface area contributed by atoms with Gasteiger partial charge in [0.25, 0.3) is 0 Å². The average Bonchev–Trinajstić information content (AvgIpc) is 2.77. The largest absolute Gasteiger partial charge is 0.319 e. The fourth-order valence-corrected chi connectivity index (χ4v) is 4.69. The Labute approximate surface area is 106 Å². The molecule has 1 N–H and O–H groups in total. The number of rotatable bonds is 3. The minimum atomic E-state index is 0.771. The van der Waals surface area contributed by atoms with E-state index in [0.717, 1.165) is 17.4 Å². The molecule has 3 fully saturated rings. The molecular formula is C15H28N2. The van der Waals surface area contributed by atoms with Crippen molar-refractivity contribution in [2.45, 2.75) is 57.4 Å². The van der Waals surface area contributed by atoms with E-state index in [0.29, 0.717) is 0 Å². The van der Waals surface area contributed by atoms with Crippen LogP contribution in [0.25, 0.3) is 0 Å². The molecule has 1 saturated heterocycles. The van der Waals surface area contributed by atoms with Gasteiger partial charge in [0.2, 0.25) is 0 Å².